The molecule has 0 spiro atoms. The molecule has 0 aromatic carbocycles. The molecule has 72 valence electrons. The van der Waals surface area contributed by atoms with Crippen LogP contribution in [0, 0.1) is 0 Å². The monoisotopic (exact) mass is 219 g/mol. The fourth-order valence-corrected chi connectivity index (χ4v) is 2.12. The van der Waals surface area contributed by atoms with Gasteiger partial charge in [-0.05, 0) is 19.9 Å². The second-order valence-corrected chi connectivity index (χ2v) is 4.67. The summed E-state index contributed by atoms with van der Waals surface area (Å²) in [5.74, 6) is -0.564. The molecule has 13 heavy (non-hydrogen) atoms. The first kappa shape index (κ1) is 10.5. The lowest BCUT2D eigenvalue weighted by atomic mass is 10.1. The molecule has 3 N–H and O–H groups in total. The lowest BCUT2D eigenvalue weighted by Crippen LogP contribution is -2.13. The molecule has 0 atom stereocenters. The summed E-state index contributed by atoms with van der Waals surface area (Å²) in [7, 11) is 0. The predicted octanol–water partition coefficient (Wildman–Crippen LogP) is 1.73. The number of hydrogen-bond acceptors (Lipinski definition) is 3. The second kappa shape index (κ2) is 3.29. The molecule has 0 saturated heterocycles. The van der Waals surface area contributed by atoms with Crippen LogP contribution >= 0.6 is 22.9 Å². The maximum atomic E-state index is 10.8. The van der Waals surface area contributed by atoms with Crippen LogP contribution in [0.5, 0.6) is 0 Å². The Morgan fingerprint density at radius 2 is 2.23 bits per heavy atom. The molecule has 0 aliphatic carbocycles. The van der Waals surface area contributed by atoms with Gasteiger partial charge in [-0.3, -0.25) is 4.79 Å². The number of carbonyl (C=O) groups is 1. The van der Waals surface area contributed by atoms with Crippen LogP contribution < -0.4 is 5.73 Å². The molecule has 0 bridgehead atoms. The maximum absolute atomic E-state index is 10.8. The van der Waals surface area contributed by atoms with Gasteiger partial charge in [0.1, 0.15) is 4.88 Å². The van der Waals surface area contributed by atoms with E-state index in [1.165, 1.54) is 0 Å². The van der Waals surface area contributed by atoms with Crippen molar-refractivity contribution in [2.75, 3.05) is 0 Å². The van der Waals surface area contributed by atoms with Crippen LogP contribution in [0.1, 0.15) is 28.4 Å². The van der Waals surface area contributed by atoms with E-state index in [9.17, 15) is 9.90 Å². The van der Waals surface area contributed by atoms with Gasteiger partial charge in [0.05, 0.1) is 10.6 Å². The first-order chi connectivity index (χ1) is 5.82. The zero-order valence-electron chi connectivity index (χ0n) is 7.30. The average molecular weight is 220 g/mol. The van der Waals surface area contributed by atoms with Crippen molar-refractivity contribution in [3.05, 3.63) is 20.8 Å². The third-order valence-corrected chi connectivity index (χ3v) is 3.39. The average Bonchev–Trinajstić information content (AvgIpc) is 2.29. The number of halogens is 1. The summed E-state index contributed by atoms with van der Waals surface area (Å²) in [5.41, 5.74) is 4.09. The van der Waals surface area contributed by atoms with E-state index in [0.29, 0.717) is 14.8 Å². The Kier molecular flexibility index (Phi) is 2.66. The van der Waals surface area contributed by atoms with E-state index >= 15 is 0 Å². The molecule has 1 amide bonds. The fraction of sp³-hybridized carbons (Fsp3) is 0.375. The van der Waals surface area contributed by atoms with Crippen molar-refractivity contribution in [3.8, 4) is 0 Å². The minimum atomic E-state index is -0.984. The van der Waals surface area contributed by atoms with Gasteiger partial charge in [-0.25, -0.2) is 0 Å². The Morgan fingerprint density at radius 3 is 2.46 bits per heavy atom. The first-order valence-corrected chi connectivity index (χ1v) is 4.84. The van der Waals surface area contributed by atoms with Gasteiger partial charge >= 0.3 is 0 Å². The summed E-state index contributed by atoms with van der Waals surface area (Å²) >= 11 is 6.86. The second-order valence-electron chi connectivity index (χ2n) is 3.21. The third-order valence-electron chi connectivity index (χ3n) is 1.51. The lowest BCUT2D eigenvalue weighted by molar-refractivity contribution is 0.0825. The zero-order chi connectivity index (χ0) is 10.2. The van der Waals surface area contributed by atoms with E-state index in [0.717, 1.165) is 11.3 Å². The van der Waals surface area contributed by atoms with Crippen LogP contribution in [0.4, 0.5) is 0 Å². The van der Waals surface area contributed by atoms with Gasteiger partial charge in [-0.1, -0.05) is 11.6 Å². The summed E-state index contributed by atoms with van der Waals surface area (Å²) in [6.07, 6.45) is 0. The number of primary amides is 1. The summed E-state index contributed by atoms with van der Waals surface area (Å²) in [5, 5.41) is 9.91. The molecule has 0 radical (unpaired) electrons. The number of rotatable bonds is 2. The zero-order valence-corrected chi connectivity index (χ0v) is 8.87. The van der Waals surface area contributed by atoms with E-state index in [1.807, 2.05) is 0 Å². The van der Waals surface area contributed by atoms with Crippen LogP contribution in [-0.2, 0) is 5.60 Å². The van der Waals surface area contributed by atoms with Gasteiger partial charge in [-0.2, -0.15) is 0 Å². The van der Waals surface area contributed by atoms with Crippen LogP contribution in [0.25, 0.3) is 0 Å². The number of carbonyl (C=O) groups excluding carboxylic acids is 1. The molecule has 1 rings (SSSR count). The molecule has 0 unspecified atom stereocenters. The number of hydrogen-bond donors (Lipinski definition) is 2. The van der Waals surface area contributed by atoms with Crippen LogP contribution in [-0.4, -0.2) is 11.0 Å². The maximum Gasteiger partial charge on any atom is 0.260 e. The van der Waals surface area contributed by atoms with Gasteiger partial charge in [0.15, 0.2) is 0 Å². The Bertz CT molecular complexity index is 340. The van der Waals surface area contributed by atoms with Gasteiger partial charge in [-0.15, -0.1) is 11.3 Å². The molecule has 1 aromatic rings. The number of thiophene rings is 1. The summed E-state index contributed by atoms with van der Waals surface area (Å²) in [6.45, 7) is 3.25. The topological polar surface area (TPSA) is 63.3 Å². The minimum absolute atomic E-state index is 0.291. The van der Waals surface area contributed by atoms with Gasteiger partial charge in [0.2, 0.25) is 0 Å². The Labute approximate surface area is 85.1 Å². The van der Waals surface area contributed by atoms with Crippen LogP contribution in [0.3, 0.4) is 0 Å². The fourth-order valence-electron chi connectivity index (χ4n) is 0.838. The van der Waals surface area contributed by atoms with E-state index in [4.69, 9.17) is 17.3 Å². The van der Waals surface area contributed by atoms with Crippen molar-refractivity contribution < 1.29 is 9.90 Å². The van der Waals surface area contributed by atoms with Crippen molar-refractivity contribution in [1.29, 1.82) is 0 Å². The number of amides is 1. The lowest BCUT2D eigenvalue weighted by Gasteiger charge is -2.13. The SMILES string of the molecule is CC(C)(O)c1cc(Cl)c(C(N)=O)s1. The highest BCUT2D eigenvalue weighted by Gasteiger charge is 2.22. The Morgan fingerprint density at radius 1 is 1.69 bits per heavy atom. The highest BCUT2D eigenvalue weighted by atomic mass is 35.5. The van der Waals surface area contributed by atoms with Gasteiger partial charge < -0.3 is 10.8 Å². The molecule has 0 saturated carbocycles. The summed E-state index contributed by atoms with van der Waals surface area (Å²) in [4.78, 5) is 11.7. The van der Waals surface area contributed by atoms with Crippen molar-refractivity contribution in [3.63, 3.8) is 0 Å². The summed E-state index contributed by atoms with van der Waals surface area (Å²) in [6, 6.07) is 1.56. The summed E-state index contributed by atoms with van der Waals surface area (Å²) < 4.78 is 0. The largest absolute Gasteiger partial charge is 0.385 e. The third kappa shape index (κ3) is 2.21. The highest BCUT2D eigenvalue weighted by molar-refractivity contribution is 7.14. The number of aliphatic hydroxyl groups is 1. The standard InChI is InChI=1S/C8H10ClNO2S/c1-8(2,12)5-3-4(9)6(13-5)7(10)11/h3,12H,1-2H3,(H2,10,11). The molecule has 1 aromatic heterocycles. The van der Waals surface area contributed by atoms with Crippen molar-refractivity contribution >= 4 is 28.8 Å². The van der Waals surface area contributed by atoms with E-state index < -0.39 is 11.5 Å². The van der Waals surface area contributed by atoms with Gasteiger partial charge in [0, 0.05) is 4.88 Å². The first-order valence-electron chi connectivity index (χ1n) is 3.64. The van der Waals surface area contributed by atoms with Crippen molar-refractivity contribution in [2.45, 2.75) is 19.4 Å². The van der Waals surface area contributed by atoms with E-state index in [2.05, 4.69) is 0 Å². The van der Waals surface area contributed by atoms with Crippen LogP contribution in [0.2, 0.25) is 5.02 Å². The van der Waals surface area contributed by atoms with Crippen LogP contribution in [0.15, 0.2) is 6.07 Å². The van der Waals surface area contributed by atoms with Crippen molar-refractivity contribution in [1.82, 2.24) is 0 Å². The highest BCUT2D eigenvalue weighted by Crippen LogP contribution is 2.33. The molecule has 5 heteroatoms. The minimum Gasteiger partial charge on any atom is -0.385 e. The normalized spacial score (nSPS) is 11.7. The Balaban J connectivity index is 3.17. The van der Waals surface area contributed by atoms with E-state index in [1.54, 1.807) is 19.9 Å². The predicted molar refractivity (Wildman–Crippen MR) is 53.1 cm³/mol. The van der Waals surface area contributed by atoms with E-state index in [-0.39, 0.29) is 0 Å². The molecule has 0 fully saturated rings. The molecule has 0 aliphatic heterocycles. The smallest absolute Gasteiger partial charge is 0.260 e. The Hall–Kier alpha value is -0.580. The van der Waals surface area contributed by atoms with Crippen molar-refractivity contribution in [2.24, 2.45) is 5.73 Å². The molecular formula is C8H10ClNO2S. The molecule has 3 nitrogen and oxygen atoms in total. The van der Waals surface area contributed by atoms with Gasteiger partial charge in [0.25, 0.3) is 5.91 Å². The molecule has 0 aliphatic rings. The molecule has 1 heterocycles. The molecular weight excluding hydrogens is 210 g/mol. The quantitative estimate of drug-likeness (QED) is 0.796. The number of nitrogens with two attached hydrogens (primary N) is 1.